The van der Waals surface area contributed by atoms with Gasteiger partial charge >= 0.3 is 0 Å². The number of hydrogen-bond acceptors (Lipinski definition) is 2. The molecular weight excluding hydrogens is 198 g/mol. The Morgan fingerprint density at radius 1 is 1.19 bits per heavy atom. The van der Waals surface area contributed by atoms with Crippen molar-refractivity contribution in [1.82, 2.24) is 0 Å². The molecule has 0 radical (unpaired) electrons. The van der Waals surface area contributed by atoms with E-state index in [0.717, 1.165) is 17.9 Å². The van der Waals surface area contributed by atoms with Crippen LogP contribution in [-0.4, -0.2) is 12.6 Å². The van der Waals surface area contributed by atoms with Crippen LogP contribution in [-0.2, 0) is 0 Å². The third-order valence-corrected chi connectivity index (χ3v) is 2.68. The van der Waals surface area contributed by atoms with Crippen LogP contribution in [0.25, 0.3) is 0 Å². The van der Waals surface area contributed by atoms with E-state index >= 15 is 0 Å². The van der Waals surface area contributed by atoms with Gasteiger partial charge < -0.3 is 10.1 Å². The summed E-state index contributed by atoms with van der Waals surface area (Å²) in [5.41, 5.74) is 1.12. The van der Waals surface area contributed by atoms with Crippen molar-refractivity contribution in [2.75, 3.05) is 11.9 Å². The minimum absolute atomic E-state index is 0.548. The zero-order chi connectivity index (χ0) is 11.8. The lowest BCUT2D eigenvalue weighted by Crippen LogP contribution is -2.18. The molecule has 16 heavy (non-hydrogen) atoms. The molecule has 2 nitrogen and oxygen atoms in total. The van der Waals surface area contributed by atoms with Crippen molar-refractivity contribution in [1.29, 1.82) is 0 Å². The fourth-order valence-electron chi connectivity index (χ4n) is 1.81. The van der Waals surface area contributed by atoms with Crippen LogP contribution in [0, 0.1) is 0 Å². The maximum absolute atomic E-state index is 5.60. The van der Waals surface area contributed by atoms with Crippen LogP contribution in [0.15, 0.2) is 24.3 Å². The molecule has 0 bridgehead atoms. The van der Waals surface area contributed by atoms with E-state index in [0.29, 0.717) is 12.6 Å². The van der Waals surface area contributed by atoms with Gasteiger partial charge in [-0.15, -0.1) is 0 Å². The van der Waals surface area contributed by atoms with Gasteiger partial charge in [-0.25, -0.2) is 0 Å². The highest BCUT2D eigenvalue weighted by molar-refractivity contribution is 5.56. The predicted molar refractivity (Wildman–Crippen MR) is 70.2 cm³/mol. The van der Waals surface area contributed by atoms with Crippen LogP contribution in [0.3, 0.4) is 0 Å². The molecule has 0 fully saturated rings. The maximum atomic E-state index is 5.60. The second kappa shape index (κ2) is 7.15. The van der Waals surface area contributed by atoms with E-state index in [2.05, 4.69) is 25.2 Å². The summed E-state index contributed by atoms with van der Waals surface area (Å²) in [6.45, 7) is 7.17. The van der Waals surface area contributed by atoms with E-state index in [-0.39, 0.29) is 0 Å². The number of hydrogen-bond donors (Lipinski definition) is 1. The molecule has 1 N–H and O–H groups in total. The first-order chi connectivity index (χ1) is 7.81. The third-order valence-electron chi connectivity index (χ3n) is 2.68. The highest BCUT2D eigenvalue weighted by Gasteiger charge is 2.08. The molecule has 1 rings (SSSR count). The molecule has 0 aromatic heterocycles. The van der Waals surface area contributed by atoms with Crippen LogP contribution < -0.4 is 10.1 Å². The van der Waals surface area contributed by atoms with E-state index in [1.807, 2.05) is 25.1 Å². The molecule has 1 aromatic rings. The van der Waals surface area contributed by atoms with Gasteiger partial charge in [-0.05, 0) is 31.9 Å². The van der Waals surface area contributed by atoms with E-state index < -0.39 is 0 Å². The highest BCUT2D eigenvalue weighted by atomic mass is 16.5. The van der Waals surface area contributed by atoms with Crippen LogP contribution >= 0.6 is 0 Å². The minimum atomic E-state index is 0.548. The smallest absolute Gasteiger partial charge is 0.142 e. The molecular formula is C14H23NO. The Labute approximate surface area is 99.0 Å². The molecule has 2 heteroatoms. The van der Waals surface area contributed by atoms with Crippen molar-refractivity contribution < 1.29 is 4.74 Å². The Morgan fingerprint density at radius 2 is 1.94 bits per heavy atom. The average molecular weight is 221 g/mol. The minimum Gasteiger partial charge on any atom is -0.492 e. The van der Waals surface area contributed by atoms with Crippen molar-refractivity contribution in [2.45, 2.75) is 46.1 Å². The topological polar surface area (TPSA) is 21.3 Å². The summed E-state index contributed by atoms with van der Waals surface area (Å²) < 4.78 is 5.60. The van der Waals surface area contributed by atoms with Crippen LogP contribution in [0.1, 0.15) is 40.0 Å². The fourth-order valence-corrected chi connectivity index (χ4v) is 1.81. The summed E-state index contributed by atoms with van der Waals surface area (Å²) in [6, 6.07) is 8.71. The molecule has 0 aliphatic rings. The van der Waals surface area contributed by atoms with Crippen molar-refractivity contribution in [3.8, 4) is 5.75 Å². The van der Waals surface area contributed by atoms with Gasteiger partial charge in [0.25, 0.3) is 0 Å². The number of rotatable bonds is 7. The van der Waals surface area contributed by atoms with Gasteiger partial charge in [-0.2, -0.15) is 0 Å². The molecule has 0 saturated carbocycles. The lowest BCUT2D eigenvalue weighted by atomic mass is 10.1. The van der Waals surface area contributed by atoms with E-state index in [9.17, 15) is 0 Å². The molecule has 1 aromatic carbocycles. The Bertz CT molecular complexity index is 299. The number of ether oxygens (including phenoxy) is 1. The van der Waals surface area contributed by atoms with Gasteiger partial charge in [0.2, 0.25) is 0 Å². The number of anilines is 1. The largest absolute Gasteiger partial charge is 0.492 e. The zero-order valence-electron chi connectivity index (χ0n) is 10.6. The Hall–Kier alpha value is -1.18. The normalized spacial score (nSPS) is 12.2. The van der Waals surface area contributed by atoms with Gasteiger partial charge in [0.1, 0.15) is 5.75 Å². The van der Waals surface area contributed by atoms with Gasteiger partial charge in [-0.1, -0.05) is 32.4 Å². The van der Waals surface area contributed by atoms with Crippen molar-refractivity contribution in [2.24, 2.45) is 0 Å². The van der Waals surface area contributed by atoms with E-state index in [1.54, 1.807) is 0 Å². The summed E-state index contributed by atoms with van der Waals surface area (Å²) in [4.78, 5) is 0. The van der Waals surface area contributed by atoms with Crippen molar-refractivity contribution in [3.05, 3.63) is 24.3 Å². The van der Waals surface area contributed by atoms with Gasteiger partial charge in [0, 0.05) is 6.04 Å². The quantitative estimate of drug-likeness (QED) is 0.749. The van der Waals surface area contributed by atoms with E-state index in [1.165, 1.54) is 12.8 Å². The van der Waals surface area contributed by atoms with Crippen LogP contribution in [0.4, 0.5) is 5.69 Å². The Balaban J connectivity index is 2.70. The molecule has 0 heterocycles. The summed E-state index contributed by atoms with van der Waals surface area (Å²) in [5, 5.41) is 3.56. The first-order valence-corrected chi connectivity index (χ1v) is 6.30. The zero-order valence-corrected chi connectivity index (χ0v) is 10.6. The van der Waals surface area contributed by atoms with Gasteiger partial charge in [-0.3, -0.25) is 0 Å². The summed E-state index contributed by atoms with van der Waals surface area (Å²) >= 11 is 0. The van der Waals surface area contributed by atoms with Crippen molar-refractivity contribution >= 4 is 5.69 Å². The molecule has 0 spiro atoms. The Morgan fingerprint density at radius 3 is 2.56 bits per heavy atom. The van der Waals surface area contributed by atoms with Gasteiger partial charge in [0.15, 0.2) is 0 Å². The molecule has 90 valence electrons. The number of para-hydroxylation sites is 2. The summed E-state index contributed by atoms with van der Waals surface area (Å²) in [6.07, 6.45) is 3.56. The molecule has 0 saturated heterocycles. The molecule has 0 amide bonds. The SMILES string of the molecule is CCCC(CC)Nc1ccccc1OCC. The van der Waals surface area contributed by atoms with E-state index in [4.69, 9.17) is 4.74 Å². The Kier molecular flexibility index (Phi) is 5.76. The predicted octanol–water partition coefficient (Wildman–Crippen LogP) is 4.08. The lowest BCUT2D eigenvalue weighted by molar-refractivity contribution is 0.341. The molecule has 1 unspecified atom stereocenters. The lowest BCUT2D eigenvalue weighted by Gasteiger charge is -2.19. The second-order valence-electron chi connectivity index (χ2n) is 3.97. The van der Waals surface area contributed by atoms with Crippen molar-refractivity contribution in [3.63, 3.8) is 0 Å². The van der Waals surface area contributed by atoms with Crippen LogP contribution in [0.5, 0.6) is 5.75 Å². The molecule has 1 atom stereocenters. The summed E-state index contributed by atoms with van der Waals surface area (Å²) in [7, 11) is 0. The summed E-state index contributed by atoms with van der Waals surface area (Å²) in [5.74, 6) is 0.958. The average Bonchev–Trinajstić information content (AvgIpc) is 2.31. The molecule has 0 aliphatic carbocycles. The number of benzene rings is 1. The first-order valence-electron chi connectivity index (χ1n) is 6.30. The highest BCUT2D eigenvalue weighted by Crippen LogP contribution is 2.25. The standard InChI is InChI=1S/C14H23NO/c1-4-9-12(5-2)15-13-10-7-8-11-14(13)16-6-3/h7-8,10-12,15H,4-6,9H2,1-3H3. The first kappa shape index (κ1) is 12.9. The fraction of sp³-hybridized carbons (Fsp3) is 0.571. The maximum Gasteiger partial charge on any atom is 0.142 e. The monoisotopic (exact) mass is 221 g/mol. The third kappa shape index (κ3) is 3.76. The van der Waals surface area contributed by atoms with Crippen LogP contribution in [0.2, 0.25) is 0 Å². The molecule has 0 aliphatic heterocycles. The van der Waals surface area contributed by atoms with Gasteiger partial charge in [0.05, 0.1) is 12.3 Å². The second-order valence-corrected chi connectivity index (χ2v) is 3.97. The number of nitrogens with one attached hydrogen (secondary N) is 1.